The zero-order valence-corrected chi connectivity index (χ0v) is 9.28. The highest BCUT2D eigenvalue weighted by atomic mass is 16.7. The van der Waals surface area contributed by atoms with Gasteiger partial charge in [0.25, 0.3) is 0 Å². The van der Waals surface area contributed by atoms with E-state index in [9.17, 15) is 10.0 Å². The SMILES string of the molecule is CC=CC(=O)NCC(C(C)C)[NH+]([O-])NO. The van der Waals surface area contributed by atoms with E-state index in [0.29, 0.717) is 0 Å². The Balaban J connectivity index is 4.13. The van der Waals surface area contributed by atoms with Gasteiger partial charge in [0.15, 0.2) is 0 Å². The normalized spacial score (nSPS) is 15.6. The molecule has 0 radical (unpaired) electrons. The second kappa shape index (κ2) is 7.36. The highest BCUT2D eigenvalue weighted by molar-refractivity contribution is 5.87. The summed E-state index contributed by atoms with van der Waals surface area (Å²) in [7, 11) is 0. The summed E-state index contributed by atoms with van der Waals surface area (Å²) in [6.07, 6.45) is 3.00. The zero-order valence-electron chi connectivity index (χ0n) is 9.28. The number of allylic oxidation sites excluding steroid dienone is 1. The molecule has 0 heterocycles. The van der Waals surface area contributed by atoms with Gasteiger partial charge in [-0.1, -0.05) is 19.9 Å². The first kappa shape index (κ1) is 14.1. The number of carbonyl (C=O) groups is 1. The summed E-state index contributed by atoms with van der Waals surface area (Å²) < 4.78 is 0. The number of amides is 1. The van der Waals surface area contributed by atoms with E-state index in [1.165, 1.54) is 6.08 Å². The van der Waals surface area contributed by atoms with Gasteiger partial charge in [0.05, 0.1) is 6.54 Å². The summed E-state index contributed by atoms with van der Waals surface area (Å²) in [5, 5.41) is 21.8. The highest BCUT2D eigenvalue weighted by Crippen LogP contribution is 1.95. The molecule has 88 valence electrons. The Morgan fingerprint density at radius 3 is 2.60 bits per heavy atom. The van der Waals surface area contributed by atoms with Crippen LogP contribution in [0, 0.1) is 11.1 Å². The molecule has 0 aliphatic carbocycles. The number of hydrogen-bond acceptors (Lipinski definition) is 4. The van der Waals surface area contributed by atoms with Crippen LogP contribution in [0.2, 0.25) is 0 Å². The fourth-order valence-electron chi connectivity index (χ4n) is 1.13. The Kier molecular flexibility index (Phi) is 6.89. The minimum Gasteiger partial charge on any atom is -0.611 e. The molecule has 0 saturated heterocycles. The van der Waals surface area contributed by atoms with Crippen molar-refractivity contribution in [2.45, 2.75) is 26.8 Å². The second-order valence-corrected chi connectivity index (χ2v) is 3.57. The molecule has 1 amide bonds. The third-order valence-corrected chi connectivity index (χ3v) is 2.07. The molecule has 0 saturated carbocycles. The smallest absolute Gasteiger partial charge is 0.243 e. The number of hydroxylamine groups is 1. The van der Waals surface area contributed by atoms with E-state index in [1.54, 1.807) is 18.6 Å². The number of rotatable bonds is 6. The van der Waals surface area contributed by atoms with Crippen molar-refractivity contribution >= 4 is 5.91 Å². The quantitative estimate of drug-likeness (QED) is 0.339. The van der Waals surface area contributed by atoms with Crippen LogP contribution in [0.1, 0.15) is 20.8 Å². The number of carbonyl (C=O) groups excluding carboxylic acids is 1. The molecule has 2 atom stereocenters. The van der Waals surface area contributed by atoms with Crippen molar-refractivity contribution in [1.29, 1.82) is 0 Å². The summed E-state index contributed by atoms with van der Waals surface area (Å²) >= 11 is 0. The van der Waals surface area contributed by atoms with E-state index in [0.717, 1.165) is 0 Å². The maximum absolute atomic E-state index is 11.2. The van der Waals surface area contributed by atoms with E-state index < -0.39 is 11.2 Å². The second-order valence-electron chi connectivity index (χ2n) is 3.57. The fraction of sp³-hybridized carbons (Fsp3) is 0.667. The molecule has 0 aliphatic heterocycles. The minimum absolute atomic E-state index is 0.0445. The van der Waals surface area contributed by atoms with Crippen LogP contribution in [-0.2, 0) is 4.79 Å². The Bertz CT molecular complexity index is 219. The standard InChI is InChI=1S/C9H19N3O3/c1-4-5-9(13)10-6-8(7(2)3)12(15)11-14/h4-5,7-8,11-12,14H,6H2,1-3H3,(H,10,13). The van der Waals surface area contributed by atoms with Gasteiger partial charge in [0, 0.05) is 5.92 Å². The topological polar surface area (TPSA) is 88.9 Å². The molecular weight excluding hydrogens is 198 g/mol. The predicted octanol–water partition coefficient (Wildman–Crippen LogP) is -1.02. The van der Waals surface area contributed by atoms with Crippen molar-refractivity contribution in [2.75, 3.05) is 6.54 Å². The van der Waals surface area contributed by atoms with Crippen LogP contribution in [0.15, 0.2) is 12.2 Å². The average Bonchev–Trinajstić information content (AvgIpc) is 2.17. The van der Waals surface area contributed by atoms with Crippen LogP contribution in [0.4, 0.5) is 0 Å². The number of hydrogen-bond donors (Lipinski definition) is 4. The Morgan fingerprint density at radius 2 is 2.20 bits per heavy atom. The lowest BCUT2D eigenvalue weighted by atomic mass is 10.1. The van der Waals surface area contributed by atoms with Gasteiger partial charge in [-0.3, -0.25) is 15.2 Å². The van der Waals surface area contributed by atoms with Gasteiger partial charge in [-0.25, -0.2) is 0 Å². The summed E-state index contributed by atoms with van der Waals surface area (Å²) in [5.74, 6) is -0.197. The van der Waals surface area contributed by atoms with Crippen molar-refractivity contribution < 1.29 is 15.2 Å². The van der Waals surface area contributed by atoms with Gasteiger partial charge in [0.1, 0.15) is 6.04 Å². The maximum atomic E-state index is 11.2. The molecule has 0 fully saturated rings. The fourth-order valence-corrected chi connectivity index (χ4v) is 1.13. The first-order valence-electron chi connectivity index (χ1n) is 4.87. The van der Waals surface area contributed by atoms with E-state index in [2.05, 4.69) is 5.32 Å². The van der Waals surface area contributed by atoms with Gasteiger partial charge < -0.3 is 10.5 Å². The first-order chi connectivity index (χ1) is 7.02. The molecule has 6 nitrogen and oxygen atoms in total. The van der Waals surface area contributed by atoms with Crippen molar-refractivity contribution in [1.82, 2.24) is 10.9 Å². The minimum atomic E-state index is -0.481. The molecule has 0 aromatic heterocycles. The van der Waals surface area contributed by atoms with E-state index in [1.807, 2.05) is 13.8 Å². The molecule has 4 N–H and O–H groups in total. The van der Waals surface area contributed by atoms with Crippen molar-refractivity contribution in [3.63, 3.8) is 0 Å². The lowest BCUT2D eigenvalue weighted by molar-refractivity contribution is -0.951. The molecule has 0 aliphatic rings. The molecule has 0 rings (SSSR count). The van der Waals surface area contributed by atoms with Crippen LogP contribution in [0.3, 0.4) is 0 Å². The molecular formula is C9H19N3O3. The molecule has 6 heteroatoms. The average molecular weight is 217 g/mol. The zero-order chi connectivity index (χ0) is 11.8. The summed E-state index contributed by atoms with van der Waals surface area (Å²) in [4.78, 5) is 11.1. The van der Waals surface area contributed by atoms with Gasteiger partial charge in [-0.2, -0.15) is 0 Å². The van der Waals surface area contributed by atoms with Crippen molar-refractivity contribution in [3.05, 3.63) is 17.4 Å². The third kappa shape index (κ3) is 5.48. The number of quaternary nitrogens is 1. The van der Waals surface area contributed by atoms with Crippen LogP contribution in [0.5, 0.6) is 0 Å². The van der Waals surface area contributed by atoms with E-state index >= 15 is 0 Å². The molecule has 2 unspecified atom stereocenters. The Morgan fingerprint density at radius 1 is 1.60 bits per heavy atom. The van der Waals surface area contributed by atoms with Crippen LogP contribution in [0.25, 0.3) is 0 Å². The van der Waals surface area contributed by atoms with E-state index in [-0.39, 0.29) is 18.4 Å². The monoisotopic (exact) mass is 217 g/mol. The lowest BCUT2D eigenvalue weighted by Gasteiger charge is -2.30. The predicted molar refractivity (Wildman–Crippen MR) is 55.7 cm³/mol. The molecule has 0 spiro atoms. The van der Waals surface area contributed by atoms with Crippen LogP contribution in [-0.4, -0.2) is 23.7 Å². The lowest BCUT2D eigenvalue weighted by Crippen LogP contribution is -3.18. The van der Waals surface area contributed by atoms with E-state index in [4.69, 9.17) is 5.21 Å². The summed E-state index contributed by atoms with van der Waals surface area (Å²) in [5.41, 5.74) is 1.59. The summed E-state index contributed by atoms with van der Waals surface area (Å²) in [6, 6.07) is -0.427. The number of nitrogens with one attached hydrogen (secondary N) is 3. The molecule has 0 aromatic rings. The highest BCUT2D eigenvalue weighted by Gasteiger charge is 2.20. The Hall–Kier alpha value is -0.950. The van der Waals surface area contributed by atoms with Gasteiger partial charge in [-0.15, -0.1) is 0 Å². The molecule has 0 aromatic carbocycles. The Labute approximate surface area is 89.5 Å². The third-order valence-electron chi connectivity index (χ3n) is 2.07. The summed E-state index contributed by atoms with van der Waals surface area (Å²) in [6.45, 7) is 5.65. The van der Waals surface area contributed by atoms with Crippen molar-refractivity contribution in [3.8, 4) is 0 Å². The first-order valence-corrected chi connectivity index (χ1v) is 4.87. The maximum Gasteiger partial charge on any atom is 0.243 e. The van der Waals surface area contributed by atoms with Gasteiger partial charge in [0.2, 0.25) is 5.91 Å². The molecule has 15 heavy (non-hydrogen) atoms. The molecule has 0 bridgehead atoms. The van der Waals surface area contributed by atoms with Gasteiger partial charge in [-0.05, 0) is 18.6 Å². The van der Waals surface area contributed by atoms with Gasteiger partial charge >= 0.3 is 0 Å². The largest absolute Gasteiger partial charge is 0.611 e. The van der Waals surface area contributed by atoms with Crippen molar-refractivity contribution in [2.24, 2.45) is 5.92 Å². The van der Waals surface area contributed by atoms with Crippen LogP contribution < -0.4 is 16.1 Å². The van der Waals surface area contributed by atoms with Crippen LogP contribution >= 0.6 is 0 Å².